The first kappa shape index (κ1) is 30.6. The van der Waals surface area contributed by atoms with Crippen LogP contribution in [0.25, 0.3) is 0 Å². The van der Waals surface area contributed by atoms with Crippen LogP contribution >= 0.6 is 0 Å². The number of aromatic nitrogens is 4. The lowest BCUT2D eigenvalue weighted by atomic mass is 9.81. The van der Waals surface area contributed by atoms with Crippen molar-refractivity contribution < 1.29 is 44.6 Å². The van der Waals surface area contributed by atoms with Crippen molar-refractivity contribution in [2.75, 3.05) is 4.90 Å². The van der Waals surface area contributed by atoms with Crippen molar-refractivity contribution in [3.8, 4) is 0 Å². The molecule has 224 valence electrons. The van der Waals surface area contributed by atoms with Crippen LogP contribution in [0.5, 0.6) is 0 Å². The minimum Gasteiger partial charge on any atom is -0.388 e. The van der Waals surface area contributed by atoms with Gasteiger partial charge < -0.3 is 10.0 Å². The lowest BCUT2D eigenvalue weighted by molar-refractivity contribution is -0.143. The van der Waals surface area contributed by atoms with Gasteiger partial charge in [-0.1, -0.05) is 30.4 Å². The molecule has 41 heavy (non-hydrogen) atoms. The topological polar surface area (TPSA) is 67.1 Å². The summed E-state index contributed by atoms with van der Waals surface area (Å²) in [5.74, 6) is -0.464. The third-order valence-corrected chi connectivity index (χ3v) is 7.05. The number of aliphatic hydroxyl groups excluding tert-OH is 1. The molecule has 1 saturated carbocycles. The molecular formula is C26H26F9N5O. The van der Waals surface area contributed by atoms with Gasteiger partial charge in [-0.15, -0.1) is 5.10 Å². The molecule has 0 spiro atoms. The van der Waals surface area contributed by atoms with E-state index in [1.165, 1.54) is 7.05 Å². The quantitative estimate of drug-likeness (QED) is 0.296. The molecular weight excluding hydrogens is 569 g/mol. The molecule has 1 heterocycles. The van der Waals surface area contributed by atoms with Crippen LogP contribution in [0.3, 0.4) is 0 Å². The summed E-state index contributed by atoms with van der Waals surface area (Å²) in [6, 6.07) is 3.85. The highest BCUT2D eigenvalue weighted by Crippen LogP contribution is 2.40. The van der Waals surface area contributed by atoms with Gasteiger partial charge in [0.05, 0.1) is 29.8 Å². The highest BCUT2D eigenvalue weighted by atomic mass is 19.4. The Morgan fingerprint density at radius 1 is 0.829 bits per heavy atom. The number of tetrazole rings is 1. The molecule has 1 atom stereocenters. The summed E-state index contributed by atoms with van der Waals surface area (Å²) < 4.78 is 122. The highest BCUT2D eigenvalue weighted by molar-refractivity contribution is 5.41. The Bertz CT molecular complexity index is 1310. The molecule has 2 aromatic carbocycles. The maximum absolute atomic E-state index is 13.7. The molecule has 0 radical (unpaired) electrons. The summed E-state index contributed by atoms with van der Waals surface area (Å²) >= 11 is 0. The Morgan fingerprint density at radius 2 is 1.41 bits per heavy atom. The third-order valence-electron chi connectivity index (χ3n) is 7.05. The van der Waals surface area contributed by atoms with Crippen molar-refractivity contribution in [2.24, 2.45) is 13.0 Å². The number of aliphatic hydroxyl groups is 1. The lowest BCUT2D eigenvalue weighted by Crippen LogP contribution is -2.26. The van der Waals surface area contributed by atoms with E-state index in [1.807, 2.05) is 0 Å². The molecule has 1 aliphatic rings. The van der Waals surface area contributed by atoms with Gasteiger partial charge in [0.1, 0.15) is 0 Å². The second-order valence-electron chi connectivity index (χ2n) is 10.1. The Morgan fingerprint density at radius 3 is 1.93 bits per heavy atom. The fourth-order valence-corrected chi connectivity index (χ4v) is 5.05. The SMILES string of the molecule is Cn1nnc(N(Cc2cc(C(F)(F)F)cc(C(F)(F)F)c2)Cc2cc(C(F)(F)F)ccc2C(O)C2CCCCC2)n1. The van der Waals surface area contributed by atoms with Crippen LogP contribution in [0.2, 0.25) is 0 Å². The average molecular weight is 596 g/mol. The van der Waals surface area contributed by atoms with E-state index in [1.54, 1.807) is 0 Å². The van der Waals surface area contributed by atoms with Crippen molar-refractivity contribution in [1.29, 1.82) is 0 Å². The molecule has 6 nitrogen and oxygen atoms in total. The van der Waals surface area contributed by atoms with E-state index in [-0.39, 0.29) is 29.1 Å². The number of nitrogens with zero attached hydrogens (tertiary/aromatic N) is 5. The van der Waals surface area contributed by atoms with Crippen LogP contribution < -0.4 is 4.90 Å². The molecule has 0 saturated heterocycles. The van der Waals surface area contributed by atoms with Crippen LogP contribution in [0.4, 0.5) is 45.5 Å². The zero-order chi connectivity index (χ0) is 30.2. The Balaban J connectivity index is 1.79. The fraction of sp³-hybridized carbons (Fsp3) is 0.500. The lowest BCUT2D eigenvalue weighted by Gasteiger charge is -2.30. The summed E-state index contributed by atoms with van der Waals surface area (Å²) in [5.41, 5.74) is -4.38. The number of aryl methyl sites for hydroxylation is 1. The van der Waals surface area contributed by atoms with Crippen LogP contribution in [0, 0.1) is 5.92 Å². The standard InChI is InChI=1S/C26H26F9N5O/c1-39-37-23(36-38-39)40(13-15-9-19(25(30,31)32)12-20(10-15)26(33,34)35)14-17-11-18(24(27,28)29)7-8-21(17)22(41)16-5-3-2-4-6-16/h7-12,16,22,41H,2-6,13-14H2,1H3. The zero-order valence-corrected chi connectivity index (χ0v) is 21.7. The fourth-order valence-electron chi connectivity index (χ4n) is 5.05. The molecule has 1 unspecified atom stereocenters. The van der Waals surface area contributed by atoms with Crippen molar-refractivity contribution in [3.05, 3.63) is 69.8 Å². The van der Waals surface area contributed by atoms with Crippen molar-refractivity contribution in [2.45, 2.75) is 69.8 Å². The zero-order valence-electron chi connectivity index (χ0n) is 21.7. The molecule has 1 aliphatic carbocycles. The number of rotatable bonds is 7. The highest BCUT2D eigenvalue weighted by Gasteiger charge is 2.37. The predicted octanol–water partition coefficient (Wildman–Crippen LogP) is 7.09. The largest absolute Gasteiger partial charge is 0.416 e. The molecule has 1 aromatic heterocycles. The molecule has 4 rings (SSSR count). The van der Waals surface area contributed by atoms with Gasteiger partial charge in [-0.2, -0.15) is 44.3 Å². The average Bonchev–Trinajstić information content (AvgIpc) is 3.33. The number of hydrogen-bond donors (Lipinski definition) is 1. The number of anilines is 1. The van der Waals surface area contributed by atoms with Gasteiger partial charge in [-0.25, -0.2) is 0 Å². The smallest absolute Gasteiger partial charge is 0.388 e. The summed E-state index contributed by atoms with van der Waals surface area (Å²) in [5, 5.41) is 22.6. The first-order valence-electron chi connectivity index (χ1n) is 12.7. The summed E-state index contributed by atoms with van der Waals surface area (Å²) in [7, 11) is 1.36. The van der Waals surface area contributed by atoms with Gasteiger partial charge in [0, 0.05) is 13.1 Å². The van der Waals surface area contributed by atoms with Gasteiger partial charge in [0.25, 0.3) is 5.95 Å². The van der Waals surface area contributed by atoms with Crippen molar-refractivity contribution in [1.82, 2.24) is 20.2 Å². The second-order valence-corrected chi connectivity index (χ2v) is 10.1. The van der Waals surface area contributed by atoms with Gasteiger partial charge >= 0.3 is 18.5 Å². The van der Waals surface area contributed by atoms with Crippen LogP contribution in [0.15, 0.2) is 36.4 Å². The normalized spacial score (nSPS) is 16.2. The van der Waals surface area contributed by atoms with E-state index in [0.717, 1.165) is 47.2 Å². The van der Waals surface area contributed by atoms with Gasteiger partial charge in [-0.3, -0.25) is 0 Å². The number of benzene rings is 2. The number of alkyl halides is 9. The number of hydrogen-bond acceptors (Lipinski definition) is 5. The minimum absolute atomic E-state index is 0.0140. The minimum atomic E-state index is -5.09. The summed E-state index contributed by atoms with van der Waals surface area (Å²) in [6.07, 6.45) is -12.1. The first-order valence-corrected chi connectivity index (χ1v) is 12.7. The molecule has 0 bridgehead atoms. The van der Waals surface area contributed by atoms with E-state index in [2.05, 4.69) is 15.4 Å². The van der Waals surface area contributed by atoms with E-state index < -0.39 is 60.0 Å². The second kappa shape index (κ2) is 11.5. The van der Waals surface area contributed by atoms with E-state index in [9.17, 15) is 44.6 Å². The van der Waals surface area contributed by atoms with Gasteiger partial charge in [0.2, 0.25) is 0 Å². The predicted molar refractivity (Wildman–Crippen MR) is 128 cm³/mol. The molecule has 15 heteroatoms. The van der Waals surface area contributed by atoms with E-state index in [4.69, 9.17) is 0 Å². The van der Waals surface area contributed by atoms with Crippen LogP contribution in [-0.4, -0.2) is 25.3 Å². The Hall–Kier alpha value is -3.36. The molecule has 1 fully saturated rings. The molecule has 1 N–H and O–H groups in total. The van der Waals surface area contributed by atoms with Crippen molar-refractivity contribution in [3.63, 3.8) is 0 Å². The van der Waals surface area contributed by atoms with Crippen LogP contribution in [0.1, 0.15) is 71.6 Å². The first-order chi connectivity index (χ1) is 19.0. The Labute approximate surface area is 228 Å². The molecule has 0 aliphatic heterocycles. The van der Waals surface area contributed by atoms with E-state index >= 15 is 0 Å². The Kier molecular flexibility index (Phi) is 8.58. The maximum Gasteiger partial charge on any atom is 0.416 e. The van der Waals surface area contributed by atoms with Crippen LogP contribution in [-0.2, 0) is 38.7 Å². The third kappa shape index (κ3) is 7.49. The molecule has 0 amide bonds. The van der Waals surface area contributed by atoms with Gasteiger partial charge in [0.15, 0.2) is 0 Å². The van der Waals surface area contributed by atoms with E-state index in [0.29, 0.717) is 25.0 Å². The summed E-state index contributed by atoms with van der Waals surface area (Å²) in [6.45, 7) is -1.10. The van der Waals surface area contributed by atoms with Gasteiger partial charge in [-0.05, 0) is 71.0 Å². The monoisotopic (exact) mass is 595 g/mol. The summed E-state index contributed by atoms with van der Waals surface area (Å²) in [4.78, 5) is 2.11. The van der Waals surface area contributed by atoms with Crippen molar-refractivity contribution >= 4 is 5.95 Å². The maximum atomic E-state index is 13.7. The number of halogens is 9. The molecule has 3 aromatic rings.